The van der Waals surface area contributed by atoms with E-state index in [0.29, 0.717) is 35.4 Å². The van der Waals surface area contributed by atoms with Gasteiger partial charge in [0, 0.05) is 44.7 Å². The summed E-state index contributed by atoms with van der Waals surface area (Å²) in [4.78, 5) is 14.8. The van der Waals surface area contributed by atoms with Crippen molar-refractivity contribution < 1.29 is 0 Å². The average molecular weight is 592 g/mol. The third-order valence-electron chi connectivity index (χ3n) is 11.3. The van der Waals surface area contributed by atoms with E-state index < -0.39 is 0 Å². The second-order valence-corrected chi connectivity index (χ2v) is 15.5. The Labute approximate surface area is 262 Å². The van der Waals surface area contributed by atoms with Crippen LogP contribution in [0, 0.1) is 28.6 Å². The summed E-state index contributed by atoms with van der Waals surface area (Å²) in [7, 11) is 0. The van der Waals surface area contributed by atoms with Gasteiger partial charge in [0.25, 0.3) is 0 Å². The van der Waals surface area contributed by atoms with E-state index in [1.165, 1.54) is 50.5 Å². The van der Waals surface area contributed by atoms with E-state index in [-0.39, 0.29) is 6.17 Å². The van der Waals surface area contributed by atoms with Gasteiger partial charge in [-0.15, -0.1) is 0 Å². The topological polar surface area (TPSA) is 75.2 Å². The van der Waals surface area contributed by atoms with Crippen LogP contribution in [0.1, 0.15) is 98.5 Å². The summed E-state index contributed by atoms with van der Waals surface area (Å²) in [6, 6.07) is 12.2. The van der Waals surface area contributed by atoms with Crippen molar-refractivity contribution in [2.24, 2.45) is 33.9 Å². The Bertz CT molecular complexity index is 1070. The lowest BCUT2D eigenvalue weighted by Gasteiger charge is -2.42. The first kappa shape index (κ1) is 32.1. The summed E-state index contributed by atoms with van der Waals surface area (Å²) in [5.41, 5.74) is 8.24. The Hall–Kier alpha value is -2.28. The fourth-order valence-corrected chi connectivity index (χ4v) is 8.57. The molecule has 0 aromatic heterocycles. The van der Waals surface area contributed by atoms with E-state index >= 15 is 0 Å². The van der Waals surface area contributed by atoms with Crippen molar-refractivity contribution in [2.75, 3.05) is 32.7 Å². The van der Waals surface area contributed by atoms with Crippen LogP contribution < -0.4 is 5.73 Å². The van der Waals surface area contributed by atoms with E-state index in [1.807, 2.05) is 0 Å². The molecule has 1 aromatic carbocycles. The van der Waals surface area contributed by atoms with Crippen LogP contribution in [0.3, 0.4) is 0 Å². The molecule has 4 atom stereocenters. The van der Waals surface area contributed by atoms with Gasteiger partial charge >= 0.3 is 0 Å². The Kier molecular flexibility index (Phi) is 10.3. The van der Waals surface area contributed by atoms with E-state index in [1.54, 1.807) is 0 Å². The molecule has 1 aliphatic carbocycles. The highest BCUT2D eigenvalue weighted by Crippen LogP contribution is 2.41. The Morgan fingerprint density at radius 1 is 0.977 bits per heavy atom. The van der Waals surface area contributed by atoms with Crippen LogP contribution >= 0.6 is 0 Å². The van der Waals surface area contributed by atoms with E-state index in [2.05, 4.69) is 96.5 Å². The Balaban J connectivity index is 1.35. The molecule has 3 heterocycles. The molecule has 43 heavy (non-hydrogen) atoms. The molecule has 0 unspecified atom stereocenters. The van der Waals surface area contributed by atoms with E-state index in [4.69, 9.17) is 5.73 Å². The van der Waals surface area contributed by atoms with Gasteiger partial charge < -0.3 is 20.4 Å². The standard InChI is InChI=1S/C36H61N7/c1-7-12-30-25-43(35(38)41(30)23-28-16-18-29(19-17-28)36(4,5)6)33(21-27-13-9-8-10-14-27)40-20-11-15-31(40)24-42-32(26(2)3)22-39-34(42)37/h8-10,13-14,26,28-33,38H,7,11-12,15-25H2,1-6H3,(H2,37,39)/t28?,29?,30-,31+,32+,33-/m1/s1. The van der Waals surface area contributed by atoms with Crippen LogP contribution in [-0.2, 0) is 6.42 Å². The molecule has 0 radical (unpaired) electrons. The van der Waals surface area contributed by atoms with Gasteiger partial charge in [0.15, 0.2) is 11.9 Å². The Morgan fingerprint density at radius 3 is 2.35 bits per heavy atom. The molecule has 3 N–H and O–H groups in total. The molecule has 1 aromatic rings. The first-order valence-electron chi connectivity index (χ1n) is 17.5. The molecule has 0 bridgehead atoms. The normalized spacial score (nSPS) is 29.7. The van der Waals surface area contributed by atoms with Crippen LogP contribution in [0.15, 0.2) is 35.3 Å². The zero-order chi connectivity index (χ0) is 30.7. The number of nitrogens with two attached hydrogens (primary N) is 1. The summed E-state index contributed by atoms with van der Waals surface area (Å²) in [5.74, 6) is 3.54. The SMILES string of the molecule is CCC[C@@H]1CN([C@H](Cc2ccccc2)N2CCC[C@H]2CN2C(N)=NC[C@H]2C(C)C)C(=N)N1CC1CCC(C(C)(C)C)CC1. The summed E-state index contributed by atoms with van der Waals surface area (Å²) in [5, 5.41) is 9.68. The second kappa shape index (κ2) is 13.8. The maximum Gasteiger partial charge on any atom is 0.195 e. The highest BCUT2D eigenvalue weighted by molar-refractivity contribution is 5.80. The number of rotatable bonds is 11. The molecular formula is C36H61N7. The first-order valence-corrected chi connectivity index (χ1v) is 17.5. The van der Waals surface area contributed by atoms with Crippen molar-refractivity contribution in [1.29, 1.82) is 5.41 Å². The van der Waals surface area contributed by atoms with Crippen molar-refractivity contribution in [3.8, 4) is 0 Å². The fraction of sp³-hybridized carbons (Fsp3) is 0.778. The monoisotopic (exact) mass is 591 g/mol. The van der Waals surface area contributed by atoms with E-state index in [9.17, 15) is 5.41 Å². The minimum atomic E-state index is 0.182. The van der Waals surface area contributed by atoms with Crippen molar-refractivity contribution >= 4 is 11.9 Å². The van der Waals surface area contributed by atoms with Crippen LogP contribution in [-0.4, -0.2) is 88.5 Å². The predicted octanol–water partition coefficient (Wildman–Crippen LogP) is 6.25. The number of likely N-dealkylation sites (tertiary alicyclic amines) is 1. The largest absolute Gasteiger partial charge is 0.370 e. The maximum absolute atomic E-state index is 9.68. The molecule has 7 heteroatoms. The number of guanidine groups is 2. The first-order chi connectivity index (χ1) is 20.6. The number of hydrogen-bond acceptors (Lipinski definition) is 5. The lowest BCUT2D eigenvalue weighted by atomic mass is 9.70. The lowest BCUT2D eigenvalue weighted by Crippen LogP contribution is -2.57. The highest BCUT2D eigenvalue weighted by Gasteiger charge is 2.44. The smallest absolute Gasteiger partial charge is 0.195 e. The number of benzene rings is 1. The van der Waals surface area contributed by atoms with E-state index in [0.717, 1.165) is 63.4 Å². The van der Waals surface area contributed by atoms with Gasteiger partial charge in [-0.2, -0.15) is 0 Å². The summed E-state index contributed by atoms with van der Waals surface area (Å²) < 4.78 is 0. The quantitative estimate of drug-likeness (QED) is 0.318. The zero-order valence-corrected chi connectivity index (χ0v) is 28.1. The third kappa shape index (κ3) is 7.34. The molecule has 5 rings (SSSR count). The van der Waals surface area contributed by atoms with Crippen molar-refractivity contribution in [3.63, 3.8) is 0 Å². The van der Waals surface area contributed by atoms with Crippen LogP contribution in [0.5, 0.6) is 0 Å². The highest BCUT2D eigenvalue weighted by atomic mass is 15.5. The molecule has 1 saturated carbocycles. The predicted molar refractivity (Wildman–Crippen MR) is 180 cm³/mol. The van der Waals surface area contributed by atoms with Gasteiger partial charge in [0.2, 0.25) is 0 Å². The van der Waals surface area contributed by atoms with Crippen molar-refractivity contribution in [1.82, 2.24) is 19.6 Å². The van der Waals surface area contributed by atoms with Gasteiger partial charge in [-0.25, -0.2) is 0 Å². The van der Waals surface area contributed by atoms with Crippen molar-refractivity contribution in [3.05, 3.63) is 35.9 Å². The van der Waals surface area contributed by atoms with Crippen LogP contribution in [0.25, 0.3) is 0 Å². The van der Waals surface area contributed by atoms with Gasteiger partial charge in [-0.05, 0) is 73.7 Å². The molecule has 240 valence electrons. The van der Waals surface area contributed by atoms with Gasteiger partial charge in [-0.3, -0.25) is 15.3 Å². The Morgan fingerprint density at radius 2 is 1.70 bits per heavy atom. The zero-order valence-electron chi connectivity index (χ0n) is 28.1. The molecule has 2 saturated heterocycles. The summed E-state index contributed by atoms with van der Waals surface area (Å²) >= 11 is 0. The minimum Gasteiger partial charge on any atom is -0.370 e. The molecule has 4 aliphatic rings. The van der Waals surface area contributed by atoms with Gasteiger partial charge in [0.1, 0.15) is 0 Å². The summed E-state index contributed by atoms with van der Waals surface area (Å²) in [6.45, 7) is 19.0. The molecular weight excluding hydrogens is 530 g/mol. The van der Waals surface area contributed by atoms with Gasteiger partial charge in [0.05, 0.1) is 18.8 Å². The molecule has 0 spiro atoms. The molecule has 3 aliphatic heterocycles. The number of hydrogen-bond donors (Lipinski definition) is 2. The number of nitrogens with zero attached hydrogens (tertiary/aromatic N) is 5. The molecule has 0 amide bonds. The summed E-state index contributed by atoms with van der Waals surface area (Å²) in [6.07, 6.45) is 11.1. The number of nitrogens with one attached hydrogen (secondary N) is 1. The maximum atomic E-state index is 9.68. The van der Waals surface area contributed by atoms with Gasteiger partial charge in [-0.1, -0.05) is 78.3 Å². The van der Waals surface area contributed by atoms with Crippen LogP contribution in [0.2, 0.25) is 0 Å². The minimum absolute atomic E-state index is 0.182. The fourth-order valence-electron chi connectivity index (χ4n) is 8.57. The second-order valence-electron chi connectivity index (χ2n) is 15.5. The molecule has 7 nitrogen and oxygen atoms in total. The lowest BCUT2D eigenvalue weighted by molar-refractivity contribution is 0.0678. The molecule has 3 fully saturated rings. The average Bonchev–Trinajstić information content (AvgIpc) is 3.67. The van der Waals surface area contributed by atoms with Crippen molar-refractivity contribution in [2.45, 2.75) is 124 Å². The third-order valence-corrected chi connectivity index (χ3v) is 11.3. The number of aliphatic imine (C=N–C) groups is 1. The van der Waals surface area contributed by atoms with Crippen LogP contribution in [0.4, 0.5) is 0 Å².